The Kier molecular flexibility index (Phi) is 4.20. The summed E-state index contributed by atoms with van der Waals surface area (Å²) in [6.07, 6.45) is 0.223. The number of aromatic nitrogens is 2. The van der Waals surface area contributed by atoms with Crippen molar-refractivity contribution in [2.45, 2.75) is 39.2 Å². The van der Waals surface area contributed by atoms with Crippen LogP contribution in [0, 0.1) is 12.7 Å². The molecule has 0 aliphatic heterocycles. The van der Waals surface area contributed by atoms with Crippen molar-refractivity contribution in [3.63, 3.8) is 0 Å². The molecule has 1 heterocycles. The molecule has 7 nitrogen and oxygen atoms in total. The molecule has 1 saturated carbocycles. The molecule has 0 spiro atoms. The number of Topliss-reactive ketones (excluding diaryl/α,β-unsaturated/α-hetero) is 2. The molecule has 130 valence electrons. The van der Waals surface area contributed by atoms with Gasteiger partial charge in [-0.1, -0.05) is 0 Å². The molecule has 2 aromatic rings. The predicted octanol–water partition coefficient (Wildman–Crippen LogP) is 1.67. The Labute approximate surface area is 141 Å². The van der Waals surface area contributed by atoms with E-state index in [9.17, 15) is 23.6 Å². The maximum atomic E-state index is 13.8. The molecule has 0 unspecified atom stereocenters. The van der Waals surface area contributed by atoms with E-state index in [4.69, 9.17) is 0 Å². The highest BCUT2D eigenvalue weighted by atomic mass is 19.1. The molecular weight excluding hydrogens is 329 g/mol. The van der Waals surface area contributed by atoms with Gasteiger partial charge in [-0.05, 0) is 19.4 Å². The number of carbonyl (C=O) groups is 3. The number of benzene rings is 1. The third-order valence-electron chi connectivity index (χ3n) is 4.21. The topological polar surface area (TPSA) is 98.1 Å². The molecule has 0 bridgehead atoms. The smallest absolute Gasteiger partial charge is 0.264 e. The monoisotopic (exact) mass is 345 g/mol. The van der Waals surface area contributed by atoms with Crippen LogP contribution in [0.4, 0.5) is 10.1 Å². The second-order valence-corrected chi connectivity index (χ2v) is 6.10. The van der Waals surface area contributed by atoms with Crippen molar-refractivity contribution in [1.82, 2.24) is 9.55 Å². The number of nitrogens with zero attached hydrogens (tertiary/aromatic N) is 2. The highest BCUT2D eigenvalue weighted by Crippen LogP contribution is 2.26. The van der Waals surface area contributed by atoms with Crippen molar-refractivity contribution in [2.75, 3.05) is 5.32 Å². The van der Waals surface area contributed by atoms with E-state index in [1.54, 1.807) is 6.92 Å². The lowest BCUT2D eigenvalue weighted by molar-refractivity contribution is -0.132. The number of carbonyl (C=O) groups excluding carboxylic acids is 3. The molecule has 1 amide bonds. The number of amides is 1. The summed E-state index contributed by atoms with van der Waals surface area (Å²) < 4.78 is 15.0. The average Bonchev–Trinajstić information content (AvgIpc) is 2.47. The first-order valence-corrected chi connectivity index (χ1v) is 7.82. The minimum atomic E-state index is -0.780. The zero-order chi connectivity index (χ0) is 18.3. The lowest BCUT2D eigenvalue weighted by Gasteiger charge is -2.24. The summed E-state index contributed by atoms with van der Waals surface area (Å²) in [7, 11) is 0. The van der Waals surface area contributed by atoms with Gasteiger partial charge in [-0.25, -0.2) is 9.37 Å². The van der Waals surface area contributed by atoms with Gasteiger partial charge in [0.25, 0.3) is 5.56 Å². The second kappa shape index (κ2) is 6.19. The zero-order valence-electron chi connectivity index (χ0n) is 13.8. The van der Waals surface area contributed by atoms with Crippen molar-refractivity contribution < 1.29 is 18.8 Å². The van der Waals surface area contributed by atoms with Crippen molar-refractivity contribution >= 4 is 34.1 Å². The fourth-order valence-corrected chi connectivity index (χ4v) is 3.19. The first-order chi connectivity index (χ1) is 11.8. The summed E-state index contributed by atoms with van der Waals surface area (Å²) in [6.45, 7) is 2.79. The van der Waals surface area contributed by atoms with E-state index >= 15 is 0 Å². The van der Waals surface area contributed by atoms with Gasteiger partial charge in [0, 0.05) is 19.4 Å². The van der Waals surface area contributed by atoms with Crippen LogP contribution in [0.5, 0.6) is 0 Å². The lowest BCUT2D eigenvalue weighted by atomic mass is 9.92. The lowest BCUT2D eigenvalue weighted by Crippen LogP contribution is -2.36. The van der Waals surface area contributed by atoms with Gasteiger partial charge < -0.3 is 5.32 Å². The molecule has 3 rings (SSSR count). The second-order valence-electron chi connectivity index (χ2n) is 6.10. The Morgan fingerprint density at radius 3 is 2.68 bits per heavy atom. The van der Waals surface area contributed by atoms with Gasteiger partial charge >= 0.3 is 0 Å². The third kappa shape index (κ3) is 3.07. The molecule has 1 aliphatic rings. The minimum Gasteiger partial charge on any atom is -0.325 e. The number of hydrogen-bond donors (Lipinski definition) is 1. The van der Waals surface area contributed by atoms with E-state index in [1.165, 1.54) is 11.5 Å². The highest BCUT2D eigenvalue weighted by Gasteiger charge is 2.31. The van der Waals surface area contributed by atoms with E-state index < -0.39 is 23.3 Å². The average molecular weight is 345 g/mol. The van der Waals surface area contributed by atoms with Gasteiger partial charge in [-0.3, -0.25) is 23.7 Å². The van der Waals surface area contributed by atoms with E-state index in [0.717, 1.165) is 12.1 Å². The number of hydrogen-bond acceptors (Lipinski definition) is 5. The zero-order valence-corrected chi connectivity index (χ0v) is 13.8. The summed E-state index contributed by atoms with van der Waals surface area (Å²) in [4.78, 5) is 52.3. The van der Waals surface area contributed by atoms with Crippen LogP contribution in [0.3, 0.4) is 0 Å². The van der Waals surface area contributed by atoms with Crippen LogP contribution >= 0.6 is 0 Å². The van der Waals surface area contributed by atoms with Gasteiger partial charge in [-0.2, -0.15) is 0 Å². The number of fused-ring (bicyclic) bond motifs is 1. The number of aryl methyl sites for hydroxylation is 1. The first-order valence-electron chi connectivity index (χ1n) is 7.82. The Morgan fingerprint density at radius 1 is 1.32 bits per heavy atom. The van der Waals surface area contributed by atoms with Crippen LogP contribution in [-0.2, 0) is 14.4 Å². The quantitative estimate of drug-likeness (QED) is 0.835. The highest BCUT2D eigenvalue weighted by molar-refractivity contribution is 6.03. The van der Waals surface area contributed by atoms with Crippen LogP contribution in [-0.4, -0.2) is 27.0 Å². The van der Waals surface area contributed by atoms with Crippen LogP contribution in [0.25, 0.3) is 10.9 Å². The molecule has 1 aromatic carbocycles. The van der Waals surface area contributed by atoms with Gasteiger partial charge in [-0.15, -0.1) is 0 Å². The number of anilines is 1. The van der Waals surface area contributed by atoms with Crippen molar-refractivity contribution in [2.24, 2.45) is 0 Å². The molecule has 1 aliphatic carbocycles. The first kappa shape index (κ1) is 16.9. The molecule has 0 radical (unpaired) electrons. The van der Waals surface area contributed by atoms with Crippen molar-refractivity contribution in [1.29, 1.82) is 0 Å². The standard InChI is InChI=1S/C17H16FN3O4/c1-8-19-12-5-10(18)6-13(20-9(2)22)16(12)17(25)21(8)14-4-3-11(23)7-15(14)24/h5-6,14H,3-4,7H2,1-2H3,(H,20,22)/t14-/m0/s1. The Bertz CT molecular complexity index is 980. The van der Waals surface area contributed by atoms with Crippen LogP contribution < -0.4 is 10.9 Å². The molecule has 0 saturated heterocycles. The van der Waals surface area contributed by atoms with E-state index in [0.29, 0.717) is 0 Å². The largest absolute Gasteiger partial charge is 0.325 e. The molecular formula is C17H16FN3O4. The molecule has 1 fully saturated rings. The van der Waals surface area contributed by atoms with E-state index in [1.807, 2.05) is 0 Å². The summed E-state index contributed by atoms with van der Waals surface area (Å²) >= 11 is 0. The third-order valence-corrected chi connectivity index (χ3v) is 4.21. The van der Waals surface area contributed by atoms with Crippen LogP contribution in [0.1, 0.15) is 38.1 Å². The molecule has 1 atom stereocenters. The predicted molar refractivity (Wildman–Crippen MR) is 87.9 cm³/mol. The van der Waals surface area contributed by atoms with E-state index in [2.05, 4.69) is 10.3 Å². The maximum absolute atomic E-state index is 13.8. The number of ketones is 2. The Morgan fingerprint density at radius 2 is 2.04 bits per heavy atom. The van der Waals surface area contributed by atoms with Gasteiger partial charge in [0.05, 0.1) is 29.1 Å². The minimum absolute atomic E-state index is 0.00749. The summed E-state index contributed by atoms with van der Waals surface area (Å²) in [5.41, 5.74) is -0.436. The molecule has 8 heteroatoms. The fraction of sp³-hybridized carbons (Fsp3) is 0.353. The van der Waals surface area contributed by atoms with Gasteiger partial charge in [0.1, 0.15) is 17.4 Å². The number of nitrogens with one attached hydrogen (secondary N) is 1. The maximum Gasteiger partial charge on any atom is 0.264 e. The number of halogens is 1. The van der Waals surface area contributed by atoms with Crippen molar-refractivity contribution in [3.8, 4) is 0 Å². The molecule has 25 heavy (non-hydrogen) atoms. The van der Waals surface area contributed by atoms with Crippen LogP contribution in [0.2, 0.25) is 0 Å². The summed E-state index contributed by atoms with van der Waals surface area (Å²) in [6, 6.07) is 1.36. The van der Waals surface area contributed by atoms with Gasteiger partial charge in [0.15, 0.2) is 5.78 Å². The van der Waals surface area contributed by atoms with E-state index in [-0.39, 0.29) is 53.2 Å². The fourth-order valence-electron chi connectivity index (χ4n) is 3.19. The summed E-state index contributed by atoms with van der Waals surface area (Å²) in [5, 5.41) is 2.46. The SMILES string of the molecule is CC(=O)Nc1cc(F)cc2nc(C)n([C@H]3CCC(=O)CC3=O)c(=O)c12. The Hall–Kier alpha value is -2.90. The Balaban J connectivity index is 2.26. The summed E-state index contributed by atoms with van der Waals surface area (Å²) in [5.74, 6) is -1.34. The molecule has 1 aromatic heterocycles. The normalized spacial score (nSPS) is 17.8. The molecule has 1 N–H and O–H groups in total. The van der Waals surface area contributed by atoms with Gasteiger partial charge in [0.2, 0.25) is 5.91 Å². The van der Waals surface area contributed by atoms with Crippen molar-refractivity contribution in [3.05, 3.63) is 34.1 Å². The van der Waals surface area contributed by atoms with Crippen LogP contribution in [0.15, 0.2) is 16.9 Å². The number of rotatable bonds is 2.